The van der Waals surface area contributed by atoms with Gasteiger partial charge in [-0.05, 0) is 56.0 Å². The van der Waals surface area contributed by atoms with Crippen LogP contribution in [0.3, 0.4) is 0 Å². The number of fused-ring (bicyclic) bond motifs is 1. The lowest BCUT2D eigenvalue weighted by molar-refractivity contribution is -0.0383. The third kappa shape index (κ3) is 4.26. The molecule has 0 aromatic carbocycles. The molecule has 2 saturated heterocycles. The zero-order valence-corrected chi connectivity index (χ0v) is 20.4. The molecular formula is C26H27ClN6O2. The van der Waals surface area contributed by atoms with E-state index in [-0.39, 0.29) is 12.3 Å². The summed E-state index contributed by atoms with van der Waals surface area (Å²) in [5.41, 5.74) is 4.46. The van der Waals surface area contributed by atoms with Crippen LogP contribution in [0, 0.1) is 0 Å². The molecule has 0 spiro atoms. The smallest absolute Gasteiger partial charge is 0.150 e. The lowest BCUT2D eigenvalue weighted by Crippen LogP contribution is -2.44. The Morgan fingerprint density at radius 2 is 2.03 bits per heavy atom. The number of hydrogen-bond donors (Lipinski definition) is 0. The number of anilines is 1. The molecule has 2 fully saturated rings. The highest BCUT2D eigenvalue weighted by molar-refractivity contribution is 6.30. The Bertz CT molecular complexity index is 1350. The lowest BCUT2D eigenvalue weighted by atomic mass is 10.0. The third-order valence-electron chi connectivity index (χ3n) is 6.73. The summed E-state index contributed by atoms with van der Waals surface area (Å²) in [5.74, 6) is 0.887. The van der Waals surface area contributed by atoms with Gasteiger partial charge in [-0.1, -0.05) is 11.6 Å². The van der Waals surface area contributed by atoms with Gasteiger partial charge in [-0.2, -0.15) is 5.10 Å². The number of hydrogen-bond acceptors (Lipinski definition) is 7. The zero-order chi connectivity index (χ0) is 23.8. The molecule has 0 amide bonds. The van der Waals surface area contributed by atoms with E-state index in [1.54, 1.807) is 6.20 Å². The fourth-order valence-electron chi connectivity index (χ4n) is 4.99. The van der Waals surface area contributed by atoms with Crippen LogP contribution in [-0.4, -0.2) is 57.1 Å². The summed E-state index contributed by atoms with van der Waals surface area (Å²) >= 11 is 6.33. The number of rotatable bonds is 4. The summed E-state index contributed by atoms with van der Waals surface area (Å²) in [6, 6.07) is 8.28. The summed E-state index contributed by atoms with van der Waals surface area (Å²) in [5, 5.41) is 6.19. The minimum atomic E-state index is -0.0927. The van der Waals surface area contributed by atoms with Crippen molar-refractivity contribution in [3.63, 3.8) is 0 Å². The van der Waals surface area contributed by atoms with Crippen molar-refractivity contribution in [2.45, 2.75) is 38.5 Å². The highest BCUT2D eigenvalue weighted by Gasteiger charge is 2.25. The molecule has 0 radical (unpaired) electrons. The Morgan fingerprint density at radius 3 is 2.86 bits per heavy atom. The fourth-order valence-corrected chi connectivity index (χ4v) is 5.16. The standard InChI is InChI=1S/C26H27ClN6O2/c1-17-16-34-11-9-32(17)23-13-21(18-12-19(27)15-28-14-18)20-5-7-29-26(25(20)31-23)22-6-8-30-33(22)24-4-2-3-10-35-24/h5-8,12-15,17,24H,2-4,9-11,16H2,1H3/t17-,24?/m1/s1. The van der Waals surface area contributed by atoms with Gasteiger partial charge < -0.3 is 14.4 Å². The van der Waals surface area contributed by atoms with Crippen molar-refractivity contribution in [2.24, 2.45) is 0 Å². The summed E-state index contributed by atoms with van der Waals surface area (Å²) < 4.78 is 13.7. The molecule has 2 atom stereocenters. The lowest BCUT2D eigenvalue weighted by Gasteiger charge is -2.34. The number of nitrogens with zero attached hydrogens (tertiary/aromatic N) is 6. The van der Waals surface area contributed by atoms with Crippen molar-refractivity contribution in [1.29, 1.82) is 0 Å². The normalized spacial score (nSPS) is 20.9. The Hall–Kier alpha value is -3.07. The first-order valence-corrected chi connectivity index (χ1v) is 12.5. The average Bonchev–Trinajstić information content (AvgIpc) is 3.38. The van der Waals surface area contributed by atoms with Crippen LogP contribution < -0.4 is 4.90 Å². The molecule has 4 aromatic rings. The molecule has 0 bridgehead atoms. The molecule has 9 heteroatoms. The van der Waals surface area contributed by atoms with Gasteiger partial charge in [0.2, 0.25) is 0 Å². The van der Waals surface area contributed by atoms with Gasteiger partial charge in [-0.3, -0.25) is 9.97 Å². The molecule has 4 aromatic heterocycles. The molecule has 0 aliphatic carbocycles. The average molecular weight is 491 g/mol. The van der Waals surface area contributed by atoms with E-state index < -0.39 is 0 Å². The summed E-state index contributed by atoms with van der Waals surface area (Å²) in [6.07, 6.45) is 10.2. The number of halogens is 1. The van der Waals surface area contributed by atoms with Crippen molar-refractivity contribution in [3.8, 4) is 22.5 Å². The molecule has 1 unspecified atom stereocenters. The second kappa shape index (κ2) is 9.53. The first-order valence-electron chi connectivity index (χ1n) is 12.1. The Morgan fingerprint density at radius 1 is 1.09 bits per heavy atom. The molecule has 6 heterocycles. The fraction of sp³-hybridized carbons (Fsp3) is 0.385. The van der Waals surface area contributed by atoms with E-state index in [0.29, 0.717) is 18.2 Å². The third-order valence-corrected chi connectivity index (χ3v) is 6.94. The first kappa shape index (κ1) is 22.4. The monoisotopic (exact) mass is 490 g/mol. The van der Waals surface area contributed by atoms with Gasteiger partial charge >= 0.3 is 0 Å². The highest BCUT2D eigenvalue weighted by Crippen LogP contribution is 2.37. The van der Waals surface area contributed by atoms with Gasteiger partial charge in [-0.15, -0.1) is 0 Å². The molecule has 2 aliphatic rings. The van der Waals surface area contributed by atoms with Gasteiger partial charge in [0.1, 0.15) is 17.0 Å². The first-order chi connectivity index (χ1) is 17.2. The van der Waals surface area contributed by atoms with Crippen molar-refractivity contribution in [1.82, 2.24) is 24.7 Å². The molecule has 2 aliphatic heterocycles. The zero-order valence-electron chi connectivity index (χ0n) is 19.6. The van der Waals surface area contributed by atoms with E-state index in [9.17, 15) is 0 Å². The topological polar surface area (TPSA) is 78.2 Å². The number of pyridine rings is 3. The predicted molar refractivity (Wildman–Crippen MR) is 135 cm³/mol. The second-order valence-electron chi connectivity index (χ2n) is 9.08. The van der Waals surface area contributed by atoms with E-state index in [1.807, 2.05) is 41.5 Å². The van der Waals surface area contributed by atoms with Crippen LogP contribution >= 0.6 is 11.6 Å². The largest absolute Gasteiger partial charge is 0.377 e. The van der Waals surface area contributed by atoms with E-state index in [0.717, 1.165) is 71.6 Å². The number of ether oxygens (including phenoxy) is 2. The quantitative estimate of drug-likeness (QED) is 0.392. The second-order valence-corrected chi connectivity index (χ2v) is 9.51. The summed E-state index contributed by atoms with van der Waals surface area (Å²) in [7, 11) is 0. The van der Waals surface area contributed by atoms with E-state index in [1.165, 1.54) is 0 Å². The maximum Gasteiger partial charge on any atom is 0.150 e. The van der Waals surface area contributed by atoms with Crippen LogP contribution in [-0.2, 0) is 9.47 Å². The van der Waals surface area contributed by atoms with E-state index in [2.05, 4.69) is 28.0 Å². The van der Waals surface area contributed by atoms with Gasteiger partial charge in [0, 0.05) is 48.9 Å². The maximum absolute atomic E-state index is 6.33. The Kier molecular flexibility index (Phi) is 6.10. The van der Waals surface area contributed by atoms with Crippen LogP contribution in [0.4, 0.5) is 5.82 Å². The van der Waals surface area contributed by atoms with Crippen molar-refractivity contribution in [2.75, 3.05) is 31.3 Å². The van der Waals surface area contributed by atoms with Crippen molar-refractivity contribution >= 4 is 28.3 Å². The minimum Gasteiger partial charge on any atom is -0.377 e. The molecule has 0 N–H and O–H groups in total. The van der Waals surface area contributed by atoms with Crippen LogP contribution in [0.5, 0.6) is 0 Å². The predicted octanol–water partition coefficient (Wildman–Crippen LogP) is 5.13. The highest BCUT2D eigenvalue weighted by atomic mass is 35.5. The van der Waals surface area contributed by atoms with Gasteiger partial charge in [0.15, 0.2) is 6.23 Å². The van der Waals surface area contributed by atoms with E-state index >= 15 is 0 Å². The summed E-state index contributed by atoms with van der Waals surface area (Å²) in [4.78, 5) is 16.6. The van der Waals surface area contributed by atoms with Crippen LogP contribution in [0.15, 0.2) is 49.1 Å². The SMILES string of the molecule is C[C@@H]1COCCN1c1cc(-c2cncc(Cl)c2)c2ccnc(-c3ccnn3C3CCCCO3)c2n1. The van der Waals surface area contributed by atoms with Crippen LogP contribution in [0.25, 0.3) is 33.4 Å². The summed E-state index contributed by atoms with van der Waals surface area (Å²) in [6.45, 7) is 5.01. The molecule has 0 saturated carbocycles. The minimum absolute atomic E-state index is 0.0927. The van der Waals surface area contributed by atoms with Crippen molar-refractivity contribution < 1.29 is 9.47 Å². The van der Waals surface area contributed by atoms with Gasteiger partial charge in [-0.25, -0.2) is 9.67 Å². The van der Waals surface area contributed by atoms with Crippen LogP contribution in [0.2, 0.25) is 5.02 Å². The molecule has 6 rings (SSSR count). The maximum atomic E-state index is 6.33. The van der Waals surface area contributed by atoms with Gasteiger partial charge in [0.25, 0.3) is 0 Å². The van der Waals surface area contributed by atoms with Crippen molar-refractivity contribution in [3.05, 3.63) is 54.1 Å². The van der Waals surface area contributed by atoms with E-state index in [4.69, 9.17) is 31.0 Å². The molecular weight excluding hydrogens is 464 g/mol. The number of morpholine rings is 1. The Balaban J connectivity index is 1.57. The van der Waals surface area contributed by atoms with Gasteiger partial charge in [0.05, 0.1) is 30.0 Å². The molecule has 35 heavy (non-hydrogen) atoms. The molecule has 8 nitrogen and oxygen atoms in total. The molecule has 180 valence electrons. The van der Waals surface area contributed by atoms with Crippen LogP contribution in [0.1, 0.15) is 32.4 Å². The Labute approximate surface area is 208 Å². The number of aromatic nitrogens is 5.